The van der Waals surface area contributed by atoms with Gasteiger partial charge in [-0.3, -0.25) is 14.5 Å². The minimum absolute atomic E-state index is 0.0970. The lowest BCUT2D eigenvalue weighted by Crippen LogP contribution is -2.17. The Morgan fingerprint density at radius 1 is 0.525 bits per heavy atom. The maximum Gasteiger partial charge on any atom is 0.137 e. The highest BCUT2D eigenvalue weighted by Gasteiger charge is 2.39. The number of rotatable bonds is 3. The number of hydrogen-bond donors (Lipinski definition) is 0. The van der Waals surface area contributed by atoms with E-state index >= 15 is 0 Å². The lowest BCUT2D eigenvalue weighted by Gasteiger charge is -2.23. The summed E-state index contributed by atoms with van der Waals surface area (Å²) >= 11 is 3.35. The van der Waals surface area contributed by atoms with E-state index in [-0.39, 0.29) is 10.8 Å². The van der Waals surface area contributed by atoms with Crippen LogP contribution in [-0.2, 0) is 17.3 Å². The minimum Gasteiger partial charge on any atom is -0.299 e. The second-order valence-electron chi connectivity index (χ2n) is 16.8. The molecule has 0 spiro atoms. The van der Waals surface area contributed by atoms with Crippen molar-refractivity contribution in [1.29, 1.82) is 0 Å². The monoisotopic (exact) mass is 853 g/mol. The third-order valence-corrected chi connectivity index (χ3v) is 12.8. The molecule has 5 nitrogen and oxygen atoms in total. The third-order valence-electron chi connectivity index (χ3n) is 12.4. The van der Waals surface area contributed by atoms with Gasteiger partial charge >= 0.3 is 0 Å². The van der Waals surface area contributed by atoms with Gasteiger partial charge in [-0.2, -0.15) is 0 Å². The first-order valence-electron chi connectivity index (χ1n) is 20.8. The first kappa shape index (κ1) is 38.4. The van der Waals surface area contributed by atoms with Crippen LogP contribution in [0.3, 0.4) is 0 Å². The lowest BCUT2D eigenvalue weighted by molar-refractivity contribution is 0.653. The lowest BCUT2D eigenvalue weighted by atomic mass is 9.80. The third kappa shape index (κ3) is 6.72. The van der Waals surface area contributed by atoms with Crippen LogP contribution in [0.25, 0.3) is 67.7 Å². The zero-order chi connectivity index (χ0) is 41.7. The predicted molar refractivity (Wildman–Crippen MR) is 254 cm³/mol. The molecule has 0 fully saturated rings. The molecule has 4 aromatic carbocycles. The summed E-state index contributed by atoms with van der Waals surface area (Å²) in [5.74, 6) is 0.910. The van der Waals surface area contributed by atoms with Crippen molar-refractivity contribution in [2.45, 2.75) is 44.9 Å². The number of hydrogen-bond acceptors (Lipinski definition) is 4. The van der Waals surface area contributed by atoms with Gasteiger partial charge in [0, 0.05) is 51.7 Å². The van der Waals surface area contributed by atoms with Crippen LogP contribution >= 0.6 is 15.9 Å². The summed E-state index contributed by atoms with van der Waals surface area (Å²) in [4.78, 5) is 18.8. The van der Waals surface area contributed by atoms with E-state index in [1.807, 2.05) is 60.8 Å². The van der Waals surface area contributed by atoms with Crippen molar-refractivity contribution in [3.8, 4) is 50.6 Å². The van der Waals surface area contributed by atoms with E-state index in [9.17, 15) is 0 Å². The summed E-state index contributed by atoms with van der Waals surface area (Å²) in [6, 6.07) is 52.1. The van der Waals surface area contributed by atoms with Gasteiger partial charge in [-0.15, -0.1) is 0 Å². The van der Waals surface area contributed by atoms with Crippen LogP contribution in [0.4, 0.5) is 0 Å². The zero-order valence-electron chi connectivity index (χ0n) is 34.6. The molecule has 9 aromatic rings. The normalized spacial score (nSPS) is 14.1. The number of aromatic nitrogens is 5. The summed E-state index contributed by atoms with van der Waals surface area (Å²) in [7, 11) is 0. The maximum absolute atomic E-state index is 4.99. The van der Waals surface area contributed by atoms with Gasteiger partial charge < -0.3 is 0 Å². The van der Waals surface area contributed by atoms with Gasteiger partial charge in [-0.1, -0.05) is 155 Å². The molecule has 0 saturated heterocycles. The van der Waals surface area contributed by atoms with Crippen molar-refractivity contribution >= 4 is 33.0 Å². The highest BCUT2D eigenvalue weighted by atomic mass is 79.9. The average Bonchev–Trinajstić information content (AvgIpc) is 4.06. The van der Waals surface area contributed by atoms with Crippen molar-refractivity contribution in [2.24, 2.45) is 0 Å². The molecule has 0 bridgehead atoms. The van der Waals surface area contributed by atoms with Gasteiger partial charge in [0.2, 0.25) is 0 Å². The number of benzene rings is 4. The highest BCUT2D eigenvalue weighted by molar-refractivity contribution is 9.10. The molecule has 12 rings (SSSR count). The Morgan fingerprint density at radius 3 is 1.74 bits per heavy atom. The fraction of sp³-hybridized carbons (Fsp3) is 0.127. The molecule has 0 N–H and O–H groups in total. The van der Waals surface area contributed by atoms with E-state index in [2.05, 4.69) is 180 Å². The summed E-state index contributed by atoms with van der Waals surface area (Å²) in [6.45, 7) is 9.27. The van der Waals surface area contributed by atoms with Crippen LogP contribution in [0.2, 0.25) is 0 Å². The second-order valence-corrected chi connectivity index (χ2v) is 17.6. The van der Waals surface area contributed by atoms with E-state index in [4.69, 9.17) is 9.97 Å². The van der Waals surface area contributed by atoms with Crippen molar-refractivity contribution in [2.75, 3.05) is 0 Å². The van der Waals surface area contributed by atoms with Crippen LogP contribution in [0, 0.1) is 0 Å². The van der Waals surface area contributed by atoms with E-state index in [0.29, 0.717) is 0 Å². The van der Waals surface area contributed by atoms with Crippen LogP contribution in [0.15, 0.2) is 181 Å². The molecule has 0 radical (unpaired) electrons. The number of nitrogens with zero attached hydrogens (tertiary/aromatic N) is 5. The Morgan fingerprint density at radius 2 is 1.08 bits per heavy atom. The number of pyridine rings is 4. The topological polar surface area (TPSA) is 56.5 Å². The van der Waals surface area contributed by atoms with Gasteiger partial charge in [0.1, 0.15) is 10.4 Å². The fourth-order valence-corrected chi connectivity index (χ4v) is 9.90. The predicted octanol–water partition coefficient (Wildman–Crippen LogP) is 13.9. The van der Waals surface area contributed by atoms with E-state index in [1.54, 1.807) is 0 Å². The SMILES string of the molecule is Brc1cccc(-c2ccccc2)n1.CC1(C)c2ccccc2-c2cnc3c(c21)CC=C3.CC1(C)c2ccccc2-c2cnc3ccn(-c4cccc(-c5ccccc5)n4)c3c21. The smallest absolute Gasteiger partial charge is 0.137 e. The Kier molecular flexibility index (Phi) is 9.68. The molecule has 0 amide bonds. The van der Waals surface area contributed by atoms with Crippen LogP contribution < -0.4 is 0 Å². The van der Waals surface area contributed by atoms with Gasteiger partial charge in [-0.25, -0.2) is 9.97 Å². The van der Waals surface area contributed by atoms with Gasteiger partial charge in [0.15, 0.2) is 0 Å². The van der Waals surface area contributed by atoms with Gasteiger partial charge in [-0.05, 0) is 97.7 Å². The molecular weight excluding hydrogens is 811 g/mol. The molecule has 296 valence electrons. The largest absolute Gasteiger partial charge is 0.299 e. The van der Waals surface area contributed by atoms with Crippen LogP contribution in [-0.4, -0.2) is 24.5 Å². The number of halogens is 1. The van der Waals surface area contributed by atoms with Crippen LogP contribution in [0.5, 0.6) is 0 Å². The van der Waals surface area contributed by atoms with Crippen molar-refractivity contribution in [3.63, 3.8) is 0 Å². The van der Waals surface area contributed by atoms with Crippen molar-refractivity contribution < 1.29 is 0 Å². The molecule has 0 unspecified atom stereocenters. The molecular formula is C55H44BrN5. The standard InChI is InChI=1S/C27H21N3.C17H15N.C11H8BrN/c1-27(2)21-12-7-6-11-19(21)20-17-28-23-15-16-30(26(23)25(20)27)24-14-8-13-22(29-24)18-9-4-3-5-10-18;1-17(2)14-8-4-3-6-11(14)13-10-18-15-9-5-7-12(15)16(13)17;12-11-8-4-7-10(13-11)9-5-2-1-3-6-9/h3-17H,1-2H3;3-6,8-10H,7H2,1-2H3;1-8H. The maximum atomic E-state index is 4.99. The van der Waals surface area contributed by atoms with E-state index in [1.165, 1.54) is 50.1 Å². The van der Waals surface area contributed by atoms with Gasteiger partial charge in [0.25, 0.3) is 0 Å². The van der Waals surface area contributed by atoms with E-state index < -0.39 is 0 Å². The molecule has 3 aliphatic rings. The summed E-state index contributed by atoms with van der Waals surface area (Å²) in [5, 5.41) is 0. The molecule has 0 aliphatic heterocycles. The summed E-state index contributed by atoms with van der Waals surface area (Å²) in [5.41, 5.74) is 19.8. The average molecular weight is 855 g/mol. The molecule has 5 heterocycles. The number of fused-ring (bicyclic) bond motifs is 10. The number of allylic oxidation sites excluding steroid dienone is 1. The fourth-order valence-electron chi connectivity index (χ4n) is 9.55. The summed E-state index contributed by atoms with van der Waals surface area (Å²) < 4.78 is 3.06. The quantitative estimate of drug-likeness (QED) is 0.166. The highest BCUT2D eigenvalue weighted by Crippen LogP contribution is 2.52. The molecule has 0 saturated carbocycles. The first-order chi connectivity index (χ1) is 29.7. The summed E-state index contributed by atoms with van der Waals surface area (Å²) in [6.07, 6.45) is 11.6. The zero-order valence-corrected chi connectivity index (χ0v) is 36.2. The van der Waals surface area contributed by atoms with Crippen molar-refractivity contribution in [1.82, 2.24) is 24.5 Å². The molecule has 6 heteroatoms. The molecule has 3 aliphatic carbocycles. The van der Waals surface area contributed by atoms with Crippen molar-refractivity contribution in [3.05, 3.63) is 214 Å². The first-order valence-corrected chi connectivity index (χ1v) is 21.6. The Balaban J connectivity index is 0.000000121. The molecule has 61 heavy (non-hydrogen) atoms. The van der Waals surface area contributed by atoms with Gasteiger partial charge in [0.05, 0.1) is 28.1 Å². The second kappa shape index (κ2) is 15.4. The Labute approximate surface area is 365 Å². The molecule has 0 atom stereocenters. The Bertz CT molecular complexity index is 3130. The molecule has 5 aromatic heterocycles. The van der Waals surface area contributed by atoms with Crippen LogP contribution in [0.1, 0.15) is 61.2 Å². The Hall–Kier alpha value is -6.76. The minimum atomic E-state index is -0.0970. The van der Waals surface area contributed by atoms with E-state index in [0.717, 1.165) is 56.1 Å².